The van der Waals surface area contributed by atoms with E-state index in [1.54, 1.807) is 17.1 Å². The van der Waals surface area contributed by atoms with E-state index in [9.17, 15) is 0 Å². The van der Waals surface area contributed by atoms with E-state index in [1.807, 2.05) is 19.3 Å². The Hall–Kier alpha value is -1.18. The van der Waals surface area contributed by atoms with Crippen molar-refractivity contribution in [2.24, 2.45) is 7.05 Å². The normalized spacial score (nSPS) is 10.4. The Labute approximate surface area is 107 Å². The van der Waals surface area contributed by atoms with Gasteiger partial charge in [-0.05, 0) is 28.7 Å². The second-order valence-electron chi connectivity index (χ2n) is 3.38. The fourth-order valence-electron chi connectivity index (χ4n) is 1.30. The van der Waals surface area contributed by atoms with E-state index in [0.29, 0.717) is 5.95 Å². The smallest absolute Gasteiger partial charge is 0.222 e. The number of anilines is 1. The minimum Gasteiger partial charge on any atom is -0.354 e. The van der Waals surface area contributed by atoms with Gasteiger partial charge in [-0.25, -0.2) is 9.97 Å². The number of aromatic nitrogens is 4. The molecule has 0 radical (unpaired) electrons. The predicted molar refractivity (Wildman–Crippen MR) is 70.2 cm³/mol. The Morgan fingerprint density at radius 1 is 1.38 bits per heavy atom. The summed E-state index contributed by atoms with van der Waals surface area (Å²) in [7, 11) is 1.92. The quantitative estimate of drug-likeness (QED) is 0.863. The summed E-state index contributed by atoms with van der Waals surface area (Å²) >= 11 is 2.18. The Morgan fingerprint density at radius 2 is 2.12 bits per heavy atom. The minimum absolute atomic E-state index is 0.663. The van der Waals surface area contributed by atoms with Crippen molar-refractivity contribution in [3.8, 4) is 0 Å². The molecule has 0 saturated heterocycles. The van der Waals surface area contributed by atoms with Crippen LogP contribution in [0, 0.1) is 3.57 Å². The Morgan fingerprint density at radius 3 is 2.75 bits per heavy atom. The maximum Gasteiger partial charge on any atom is 0.222 e. The lowest BCUT2D eigenvalue weighted by Crippen LogP contribution is -2.08. The highest BCUT2D eigenvalue weighted by Crippen LogP contribution is 2.03. The van der Waals surface area contributed by atoms with E-state index in [4.69, 9.17) is 0 Å². The van der Waals surface area contributed by atoms with Gasteiger partial charge in [0.25, 0.3) is 0 Å². The molecule has 2 heterocycles. The maximum atomic E-state index is 4.29. The molecule has 0 amide bonds. The molecular formula is C10H12IN5. The minimum atomic E-state index is 0.663. The van der Waals surface area contributed by atoms with Crippen LogP contribution in [0.5, 0.6) is 0 Å². The van der Waals surface area contributed by atoms with Crippen molar-refractivity contribution >= 4 is 28.5 Å². The molecular weight excluding hydrogens is 317 g/mol. The molecule has 0 saturated carbocycles. The molecule has 5 nitrogen and oxygen atoms in total. The van der Waals surface area contributed by atoms with Gasteiger partial charge in [-0.15, -0.1) is 0 Å². The number of halogens is 1. The average molecular weight is 329 g/mol. The van der Waals surface area contributed by atoms with Crippen LogP contribution in [0.4, 0.5) is 5.95 Å². The highest BCUT2D eigenvalue weighted by atomic mass is 127. The predicted octanol–water partition coefficient (Wildman–Crippen LogP) is 1.47. The van der Waals surface area contributed by atoms with Gasteiger partial charge >= 0.3 is 0 Å². The second-order valence-corrected chi connectivity index (χ2v) is 4.63. The van der Waals surface area contributed by atoms with Crippen LogP contribution >= 0.6 is 22.6 Å². The van der Waals surface area contributed by atoms with Crippen molar-refractivity contribution in [2.45, 2.75) is 6.42 Å². The van der Waals surface area contributed by atoms with E-state index in [-0.39, 0.29) is 0 Å². The van der Waals surface area contributed by atoms with E-state index >= 15 is 0 Å². The third kappa shape index (κ3) is 3.16. The van der Waals surface area contributed by atoms with Crippen LogP contribution in [0.1, 0.15) is 5.69 Å². The van der Waals surface area contributed by atoms with Crippen molar-refractivity contribution in [1.82, 2.24) is 19.7 Å². The third-order valence-corrected chi connectivity index (χ3v) is 2.61. The summed E-state index contributed by atoms with van der Waals surface area (Å²) in [6.07, 6.45) is 6.39. The Bertz CT molecular complexity index is 450. The standard InChI is InChI=1S/C10H12IN5/c1-16-5-3-9(15-16)2-4-12-10-13-6-8(11)7-14-10/h3,5-7H,2,4H2,1H3,(H,12,13,14). The molecule has 2 aromatic rings. The number of nitrogens with zero attached hydrogens (tertiary/aromatic N) is 4. The molecule has 0 aromatic carbocycles. The van der Waals surface area contributed by atoms with Gasteiger partial charge in [-0.2, -0.15) is 5.10 Å². The van der Waals surface area contributed by atoms with Crippen LogP contribution in [0.3, 0.4) is 0 Å². The lowest BCUT2D eigenvalue weighted by Gasteiger charge is -2.02. The summed E-state index contributed by atoms with van der Waals surface area (Å²) in [5, 5.41) is 7.45. The van der Waals surface area contributed by atoms with Crippen LogP contribution < -0.4 is 5.32 Å². The molecule has 2 rings (SSSR count). The number of aryl methyl sites for hydroxylation is 1. The molecule has 0 aliphatic rings. The summed E-state index contributed by atoms with van der Waals surface area (Å²) in [5.74, 6) is 0.663. The van der Waals surface area contributed by atoms with Crippen molar-refractivity contribution in [3.63, 3.8) is 0 Å². The molecule has 0 atom stereocenters. The fourth-order valence-corrected chi connectivity index (χ4v) is 1.58. The van der Waals surface area contributed by atoms with Gasteiger partial charge in [0.05, 0.1) is 5.69 Å². The fraction of sp³-hybridized carbons (Fsp3) is 0.300. The van der Waals surface area contributed by atoms with Gasteiger partial charge in [0.1, 0.15) is 0 Å². The lowest BCUT2D eigenvalue weighted by atomic mass is 10.3. The third-order valence-electron chi connectivity index (χ3n) is 2.05. The Balaban J connectivity index is 1.82. The first kappa shape index (κ1) is 11.3. The summed E-state index contributed by atoms with van der Waals surface area (Å²) in [6.45, 7) is 0.789. The van der Waals surface area contributed by atoms with E-state index < -0.39 is 0 Å². The monoisotopic (exact) mass is 329 g/mol. The van der Waals surface area contributed by atoms with Crippen LogP contribution in [0.2, 0.25) is 0 Å². The van der Waals surface area contributed by atoms with Crippen molar-refractivity contribution in [1.29, 1.82) is 0 Å². The average Bonchev–Trinajstić information content (AvgIpc) is 2.67. The summed E-state index contributed by atoms with van der Waals surface area (Å²) < 4.78 is 2.84. The first-order valence-electron chi connectivity index (χ1n) is 4.94. The first-order chi connectivity index (χ1) is 7.74. The van der Waals surface area contributed by atoms with Gasteiger partial charge in [0.15, 0.2) is 0 Å². The highest BCUT2D eigenvalue weighted by molar-refractivity contribution is 14.1. The summed E-state index contributed by atoms with van der Waals surface area (Å²) in [4.78, 5) is 8.32. The van der Waals surface area contributed by atoms with Gasteiger partial charge in [-0.3, -0.25) is 4.68 Å². The van der Waals surface area contributed by atoms with Crippen molar-refractivity contribution < 1.29 is 0 Å². The highest BCUT2D eigenvalue weighted by Gasteiger charge is 1.98. The SMILES string of the molecule is Cn1ccc(CCNc2ncc(I)cn2)n1. The molecule has 0 unspecified atom stereocenters. The number of hydrogen-bond donors (Lipinski definition) is 1. The van der Waals surface area contributed by atoms with Gasteiger partial charge < -0.3 is 5.32 Å². The van der Waals surface area contributed by atoms with Gasteiger partial charge in [0.2, 0.25) is 5.95 Å². The largest absolute Gasteiger partial charge is 0.354 e. The lowest BCUT2D eigenvalue weighted by molar-refractivity contribution is 0.741. The van der Waals surface area contributed by atoms with Crippen LogP contribution in [-0.4, -0.2) is 26.3 Å². The number of hydrogen-bond acceptors (Lipinski definition) is 4. The molecule has 1 N–H and O–H groups in total. The van der Waals surface area contributed by atoms with Crippen molar-refractivity contribution in [2.75, 3.05) is 11.9 Å². The second kappa shape index (κ2) is 5.24. The van der Waals surface area contributed by atoms with Gasteiger partial charge in [-0.1, -0.05) is 0 Å². The zero-order chi connectivity index (χ0) is 11.4. The topological polar surface area (TPSA) is 55.6 Å². The number of rotatable bonds is 4. The molecule has 16 heavy (non-hydrogen) atoms. The Kier molecular flexibility index (Phi) is 3.70. The molecule has 0 fully saturated rings. The zero-order valence-electron chi connectivity index (χ0n) is 8.89. The zero-order valence-corrected chi connectivity index (χ0v) is 11.0. The summed E-state index contributed by atoms with van der Waals surface area (Å²) in [6, 6.07) is 2.01. The molecule has 0 bridgehead atoms. The molecule has 6 heteroatoms. The molecule has 0 spiro atoms. The molecule has 84 valence electrons. The maximum absolute atomic E-state index is 4.29. The van der Waals surface area contributed by atoms with E-state index in [2.05, 4.69) is 43.0 Å². The number of nitrogens with one attached hydrogen (secondary N) is 1. The van der Waals surface area contributed by atoms with E-state index in [0.717, 1.165) is 22.2 Å². The summed E-state index contributed by atoms with van der Waals surface area (Å²) in [5.41, 5.74) is 1.07. The van der Waals surface area contributed by atoms with Crippen LogP contribution in [0.25, 0.3) is 0 Å². The molecule has 0 aliphatic carbocycles. The van der Waals surface area contributed by atoms with Crippen LogP contribution in [0.15, 0.2) is 24.7 Å². The van der Waals surface area contributed by atoms with E-state index in [1.165, 1.54) is 0 Å². The first-order valence-corrected chi connectivity index (χ1v) is 6.02. The molecule has 2 aromatic heterocycles. The van der Waals surface area contributed by atoms with Crippen LogP contribution in [-0.2, 0) is 13.5 Å². The van der Waals surface area contributed by atoms with Crippen molar-refractivity contribution in [3.05, 3.63) is 33.9 Å². The molecule has 0 aliphatic heterocycles. The van der Waals surface area contributed by atoms with Gasteiger partial charge in [0, 0.05) is 42.2 Å².